The van der Waals surface area contributed by atoms with Crippen molar-refractivity contribution in [1.82, 2.24) is 9.97 Å². The van der Waals surface area contributed by atoms with E-state index in [0.717, 1.165) is 27.3 Å². The first-order valence-electron chi connectivity index (χ1n) is 5.44. The maximum Gasteiger partial charge on any atom is 0.227 e. The second kappa shape index (κ2) is 3.04. The van der Waals surface area contributed by atoms with Gasteiger partial charge in [-0.2, -0.15) is 0 Å². The Morgan fingerprint density at radius 2 is 1.94 bits per heavy atom. The predicted octanol–water partition coefficient (Wildman–Crippen LogP) is 3.53. The lowest BCUT2D eigenvalue weighted by Crippen LogP contribution is -1.80. The molecule has 0 fully saturated rings. The van der Waals surface area contributed by atoms with Gasteiger partial charge in [0.05, 0.1) is 11.7 Å². The third kappa shape index (κ3) is 1.16. The highest BCUT2D eigenvalue weighted by atomic mass is 16.3. The van der Waals surface area contributed by atoms with Crippen molar-refractivity contribution in [3.8, 4) is 0 Å². The van der Waals surface area contributed by atoms with Crippen molar-refractivity contribution in [2.24, 2.45) is 0 Å². The summed E-state index contributed by atoms with van der Waals surface area (Å²) in [5.41, 5.74) is 2.41. The highest BCUT2D eigenvalue weighted by Crippen LogP contribution is 2.29. The van der Waals surface area contributed by atoms with Gasteiger partial charge in [-0.3, -0.25) is 4.98 Å². The average Bonchev–Trinajstić information content (AvgIpc) is 2.73. The molecule has 0 saturated heterocycles. The lowest BCUT2D eigenvalue weighted by molar-refractivity contribution is 0.656. The molecule has 3 heteroatoms. The highest BCUT2D eigenvalue weighted by Gasteiger charge is 2.08. The van der Waals surface area contributed by atoms with Crippen LogP contribution in [0.15, 0.2) is 53.2 Å². The molecule has 1 aromatic carbocycles. The molecule has 3 heterocycles. The summed E-state index contributed by atoms with van der Waals surface area (Å²) in [4.78, 5) is 8.56. The lowest BCUT2D eigenvalue weighted by Gasteiger charge is -1.95. The molecule has 0 bridgehead atoms. The normalized spacial score (nSPS) is 11.5. The van der Waals surface area contributed by atoms with Gasteiger partial charge in [-0.05, 0) is 18.2 Å². The molecule has 4 rings (SSSR count). The van der Waals surface area contributed by atoms with Crippen molar-refractivity contribution in [2.75, 3.05) is 0 Å². The molecule has 3 nitrogen and oxygen atoms in total. The van der Waals surface area contributed by atoms with E-state index in [1.54, 1.807) is 12.4 Å². The zero-order valence-electron chi connectivity index (χ0n) is 8.92. The fourth-order valence-electron chi connectivity index (χ4n) is 2.15. The Balaban J connectivity index is 2.28. The maximum absolute atomic E-state index is 5.72. The summed E-state index contributed by atoms with van der Waals surface area (Å²) < 4.78 is 5.72. The molecular weight excluding hydrogens is 212 g/mol. The molecule has 4 aromatic rings. The summed E-state index contributed by atoms with van der Waals surface area (Å²) in [7, 11) is 0. The molecule has 0 atom stereocenters. The summed E-state index contributed by atoms with van der Waals surface area (Å²) >= 11 is 0. The molecule has 0 aliphatic carbocycles. The number of hydrogen-bond acceptors (Lipinski definition) is 3. The van der Waals surface area contributed by atoms with E-state index in [-0.39, 0.29) is 0 Å². The monoisotopic (exact) mass is 220 g/mol. The number of benzene rings is 1. The highest BCUT2D eigenvalue weighted by molar-refractivity contribution is 6.07. The standard InChI is InChI=1S/C14H8N2O/c1-2-4-13-10(3-1)11-7-9-5-6-15-8-12(9)16-14(11)17-13/h1-8H. The number of para-hydroxylation sites is 1. The Bertz CT molecular complexity index is 842. The molecule has 0 aliphatic rings. The minimum atomic E-state index is 0.673. The van der Waals surface area contributed by atoms with Crippen molar-refractivity contribution in [3.63, 3.8) is 0 Å². The van der Waals surface area contributed by atoms with Crippen LogP contribution in [-0.2, 0) is 0 Å². The molecule has 0 radical (unpaired) electrons. The summed E-state index contributed by atoms with van der Waals surface area (Å²) in [6.45, 7) is 0. The second-order valence-corrected chi connectivity index (χ2v) is 4.01. The Labute approximate surface area is 96.7 Å². The summed E-state index contributed by atoms with van der Waals surface area (Å²) in [6.07, 6.45) is 3.53. The zero-order chi connectivity index (χ0) is 11.2. The van der Waals surface area contributed by atoms with Crippen molar-refractivity contribution >= 4 is 33.0 Å². The van der Waals surface area contributed by atoms with Crippen LogP contribution < -0.4 is 0 Å². The number of fused-ring (bicyclic) bond motifs is 4. The van der Waals surface area contributed by atoms with Crippen molar-refractivity contribution in [3.05, 3.63) is 48.8 Å². The van der Waals surface area contributed by atoms with Gasteiger partial charge in [-0.1, -0.05) is 18.2 Å². The van der Waals surface area contributed by atoms with Crippen LogP contribution in [0.2, 0.25) is 0 Å². The molecule has 0 aliphatic heterocycles. The lowest BCUT2D eigenvalue weighted by atomic mass is 10.1. The smallest absolute Gasteiger partial charge is 0.227 e. The molecule has 0 unspecified atom stereocenters. The maximum atomic E-state index is 5.72. The van der Waals surface area contributed by atoms with Crippen LogP contribution in [0.1, 0.15) is 0 Å². The third-order valence-corrected chi connectivity index (χ3v) is 2.97. The molecule has 3 aromatic heterocycles. The van der Waals surface area contributed by atoms with Gasteiger partial charge < -0.3 is 4.42 Å². The van der Waals surface area contributed by atoms with Crippen LogP contribution in [-0.4, -0.2) is 9.97 Å². The van der Waals surface area contributed by atoms with Crippen molar-refractivity contribution < 1.29 is 4.42 Å². The molecule has 0 amide bonds. The minimum Gasteiger partial charge on any atom is -0.438 e. The van der Waals surface area contributed by atoms with Gasteiger partial charge in [0, 0.05) is 22.4 Å². The summed E-state index contributed by atoms with van der Waals surface area (Å²) in [6, 6.07) is 12.0. The molecule has 80 valence electrons. The van der Waals surface area contributed by atoms with Crippen molar-refractivity contribution in [2.45, 2.75) is 0 Å². The number of rotatable bonds is 0. The number of nitrogens with zero attached hydrogens (tertiary/aromatic N) is 2. The topological polar surface area (TPSA) is 38.9 Å². The van der Waals surface area contributed by atoms with E-state index >= 15 is 0 Å². The van der Waals surface area contributed by atoms with Gasteiger partial charge in [0.2, 0.25) is 5.71 Å². The molecule has 0 N–H and O–H groups in total. The number of furan rings is 1. The van der Waals surface area contributed by atoms with Crippen LogP contribution >= 0.6 is 0 Å². The SMILES string of the molecule is c1ccc2c(c1)oc1nc3cnccc3cc12. The second-order valence-electron chi connectivity index (χ2n) is 4.01. The van der Waals surface area contributed by atoms with E-state index in [0.29, 0.717) is 5.71 Å². The summed E-state index contributed by atoms with van der Waals surface area (Å²) in [5, 5.41) is 3.24. The van der Waals surface area contributed by atoms with Gasteiger partial charge in [-0.25, -0.2) is 4.98 Å². The fraction of sp³-hybridized carbons (Fsp3) is 0. The van der Waals surface area contributed by atoms with Crippen LogP contribution in [0.25, 0.3) is 33.0 Å². The number of pyridine rings is 2. The van der Waals surface area contributed by atoms with Crippen LogP contribution in [0.5, 0.6) is 0 Å². The van der Waals surface area contributed by atoms with E-state index < -0.39 is 0 Å². The first-order valence-corrected chi connectivity index (χ1v) is 5.44. The minimum absolute atomic E-state index is 0.673. The first kappa shape index (κ1) is 8.70. The zero-order valence-corrected chi connectivity index (χ0v) is 8.92. The van der Waals surface area contributed by atoms with Gasteiger partial charge in [0.15, 0.2) is 0 Å². The largest absolute Gasteiger partial charge is 0.438 e. The first-order chi connectivity index (χ1) is 8.42. The van der Waals surface area contributed by atoms with E-state index in [1.807, 2.05) is 24.3 Å². The van der Waals surface area contributed by atoms with Crippen molar-refractivity contribution in [1.29, 1.82) is 0 Å². The molecule has 17 heavy (non-hydrogen) atoms. The van der Waals surface area contributed by atoms with Gasteiger partial charge >= 0.3 is 0 Å². The van der Waals surface area contributed by atoms with E-state index in [9.17, 15) is 0 Å². The summed E-state index contributed by atoms with van der Waals surface area (Å²) in [5.74, 6) is 0. The van der Waals surface area contributed by atoms with Crippen LogP contribution in [0, 0.1) is 0 Å². The van der Waals surface area contributed by atoms with Crippen LogP contribution in [0.3, 0.4) is 0 Å². The number of aromatic nitrogens is 2. The van der Waals surface area contributed by atoms with E-state index in [4.69, 9.17) is 4.42 Å². The van der Waals surface area contributed by atoms with Gasteiger partial charge in [0.25, 0.3) is 0 Å². The Morgan fingerprint density at radius 1 is 1.00 bits per heavy atom. The Morgan fingerprint density at radius 3 is 2.94 bits per heavy atom. The Hall–Kier alpha value is -2.42. The third-order valence-electron chi connectivity index (χ3n) is 2.97. The molecule has 0 spiro atoms. The fourth-order valence-corrected chi connectivity index (χ4v) is 2.15. The Kier molecular flexibility index (Phi) is 1.56. The van der Waals surface area contributed by atoms with Gasteiger partial charge in [-0.15, -0.1) is 0 Å². The van der Waals surface area contributed by atoms with Crippen LogP contribution in [0.4, 0.5) is 0 Å². The average molecular weight is 220 g/mol. The quantitative estimate of drug-likeness (QED) is 0.455. The molecular formula is C14H8N2O. The molecule has 0 saturated carbocycles. The van der Waals surface area contributed by atoms with E-state index in [2.05, 4.69) is 22.1 Å². The van der Waals surface area contributed by atoms with E-state index in [1.165, 1.54) is 0 Å². The predicted molar refractivity (Wildman–Crippen MR) is 66.8 cm³/mol. The number of hydrogen-bond donors (Lipinski definition) is 0. The van der Waals surface area contributed by atoms with Gasteiger partial charge in [0.1, 0.15) is 5.58 Å².